The first-order valence-corrected chi connectivity index (χ1v) is 12.1. The first-order chi connectivity index (χ1) is 15.7. The van der Waals surface area contributed by atoms with Crippen LogP contribution in [0.3, 0.4) is 0 Å². The first-order valence-electron chi connectivity index (χ1n) is 12.1. The SMILES string of the molecule is C[C@H](NCc1ccccn1)C(=O)NCc1ccc(CNCCCNC2CCCCC2)cc1. The van der Waals surface area contributed by atoms with Gasteiger partial charge in [-0.05, 0) is 62.5 Å². The zero-order valence-corrected chi connectivity index (χ0v) is 19.4. The lowest BCUT2D eigenvalue weighted by molar-refractivity contribution is -0.122. The highest BCUT2D eigenvalue weighted by Crippen LogP contribution is 2.17. The summed E-state index contributed by atoms with van der Waals surface area (Å²) < 4.78 is 0. The van der Waals surface area contributed by atoms with E-state index in [0.29, 0.717) is 13.1 Å². The molecule has 0 radical (unpaired) electrons. The van der Waals surface area contributed by atoms with E-state index in [1.165, 1.54) is 37.7 Å². The maximum atomic E-state index is 12.3. The largest absolute Gasteiger partial charge is 0.351 e. The van der Waals surface area contributed by atoms with Crippen LogP contribution in [0.5, 0.6) is 0 Å². The number of aromatic nitrogens is 1. The van der Waals surface area contributed by atoms with Gasteiger partial charge in [0.05, 0.1) is 11.7 Å². The molecule has 0 saturated heterocycles. The second-order valence-electron chi connectivity index (χ2n) is 8.78. The van der Waals surface area contributed by atoms with E-state index in [4.69, 9.17) is 0 Å². The minimum Gasteiger partial charge on any atom is -0.351 e. The second kappa shape index (κ2) is 14.0. The highest BCUT2D eigenvalue weighted by atomic mass is 16.2. The van der Waals surface area contributed by atoms with E-state index < -0.39 is 0 Å². The molecular weight excluding hydrogens is 398 g/mol. The van der Waals surface area contributed by atoms with Crippen molar-refractivity contribution < 1.29 is 4.79 Å². The van der Waals surface area contributed by atoms with E-state index in [-0.39, 0.29) is 11.9 Å². The minimum absolute atomic E-state index is 0.00601. The summed E-state index contributed by atoms with van der Waals surface area (Å²) in [5.74, 6) is -0.00601. The number of pyridine rings is 1. The van der Waals surface area contributed by atoms with Crippen molar-refractivity contribution >= 4 is 5.91 Å². The van der Waals surface area contributed by atoms with Crippen LogP contribution in [0.1, 0.15) is 62.3 Å². The van der Waals surface area contributed by atoms with Crippen LogP contribution in [-0.2, 0) is 24.4 Å². The molecule has 1 atom stereocenters. The van der Waals surface area contributed by atoms with Gasteiger partial charge in [0.2, 0.25) is 5.91 Å². The lowest BCUT2D eigenvalue weighted by Crippen LogP contribution is -2.41. The molecule has 0 aliphatic heterocycles. The van der Waals surface area contributed by atoms with Gasteiger partial charge in [-0.1, -0.05) is 49.6 Å². The summed E-state index contributed by atoms with van der Waals surface area (Å²) in [7, 11) is 0. The lowest BCUT2D eigenvalue weighted by Gasteiger charge is -2.22. The van der Waals surface area contributed by atoms with E-state index >= 15 is 0 Å². The average molecular weight is 438 g/mol. The standard InChI is InChI=1S/C26H39N5O/c1-21(30-20-25-10-5-6-16-29-25)26(32)31-19-23-13-11-22(12-14-23)18-27-15-7-17-28-24-8-3-2-4-9-24/h5-6,10-14,16,21,24,27-28,30H,2-4,7-9,15,17-20H2,1H3,(H,31,32)/t21-/m0/s1. The number of carbonyl (C=O) groups is 1. The molecule has 4 N–H and O–H groups in total. The minimum atomic E-state index is -0.270. The van der Waals surface area contributed by atoms with E-state index in [0.717, 1.165) is 43.4 Å². The van der Waals surface area contributed by atoms with E-state index in [1.807, 2.05) is 25.1 Å². The number of benzene rings is 1. The second-order valence-corrected chi connectivity index (χ2v) is 8.78. The van der Waals surface area contributed by atoms with Gasteiger partial charge in [-0.25, -0.2) is 0 Å². The number of carbonyl (C=O) groups excluding carboxylic acids is 1. The molecule has 1 aliphatic carbocycles. The third kappa shape index (κ3) is 9.07. The Hall–Kier alpha value is -2.28. The van der Waals surface area contributed by atoms with Gasteiger partial charge in [0.1, 0.15) is 0 Å². The molecular formula is C26H39N5O. The van der Waals surface area contributed by atoms with Gasteiger partial charge >= 0.3 is 0 Å². The summed E-state index contributed by atoms with van der Waals surface area (Å²) in [6.45, 7) is 6.00. The van der Waals surface area contributed by atoms with Crippen LogP contribution in [0, 0.1) is 0 Å². The Labute approximate surface area is 193 Å². The van der Waals surface area contributed by atoms with Crippen molar-refractivity contribution in [1.82, 2.24) is 26.3 Å². The van der Waals surface area contributed by atoms with E-state index in [9.17, 15) is 4.79 Å². The fraction of sp³-hybridized carbons (Fsp3) is 0.538. The summed E-state index contributed by atoms with van der Waals surface area (Å²) in [6.07, 6.45) is 9.80. The molecule has 32 heavy (non-hydrogen) atoms. The molecule has 1 saturated carbocycles. The molecule has 1 heterocycles. The highest BCUT2D eigenvalue weighted by molar-refractivity contribution is 5.81. The molecule has 0 bridgehead atoms. The zero-order valence-electron chi connectivity index (χ0n) is 19.4. The highest BCUT2D eigenvalue weighted by Gasteiger charge is 2.12. The molecule has 0 spiro atoms. The Morgan fingerprint density at radius 3 is 2.44 bits per heavy atom. The van der Waals surface area contributed by atoms with Crippen LogP contribution in [0.2, 0.25) is 0 Å². The van der Waals surface area contributed by atoms with Crippen LogP contribution >= 0.6 is 0 Å². The third-order valence-electron chi connectivity index (χ3n) is 6.10. The molecule has 1 amide bonds. The smallest absolute Gasteiger partial charge is 0.237 e. The van der Waals surface area contributed by atoms with Crippen LogP contribution in [0.25, 0.3) is 0 Å². The first kappa shape index (κ1) is 24.4. The van der Waals surface area contributed by atoms with Crippen LogP contribution in [0.4, 0.5) is 0 Å². The average Bonchev–Trinajstić information content (AvgIpc) is 2.85. The summed E-state index contributed by atoms with van der Waals surface area (Å²) >= 11 is 0. The van der Waals surface area contributed by atoms with Crippen LogP contribution in [-0.4, -0.2) is 36.1 Å². The quantitative estimate of drug-likeness (QED) is 0.362. The van der Waals surface area contributed by atoms with Crippen molar-refractivity contribution in [1.29, 1.82) is 0 Å². The number of nitrogens with one attached hydrogen (secondary N) is 4. The Balaban J connectivity index is 1.25. The Morgan fingerprint density at radius 1 is 0.969 bits per heavy atom. The number of hydrogen-bond acceptors (Lipinski definition) is 5. The zero-order chi connectivity index (χ0) is 22.4. The van der Waals surface area contributed by atoms with Crippen molar-refractivity contribution in [3.63, 3.8) is 0 Å². The van der Waals surface area contributed by atoms with Gasteiger partial charge in [0, 0.05) is 31.9 Å². The monoisotopic (exact) mass is 437 g/mol. The van der Waals surface area contributed by atoms with Crippen LogP contribution in [0.15, 0.2) is 48.7 Å². The number of amides is 1. The van der Waals surface area contributed by atoms with Crippen molar-refractivity contribution in [2.24, 2.45) is 0 Å². The van der Waals surface area contributed by atoms with Gasteiger partial charge in [-0.3, -0.25) is 9.78 Å². The van der Waals surface area contributed by atoms with E-state index in [2.05, 4.69) is 50.5 Å². The molecule has 1 aromatic carbocycles. The third-order valence-corrected chi connectivity index (χ3v) is 6.10. The molecule has 174 valence electrons. The number of rotatable bonds is 13. The molecule has 0 unspecified atom stereocenters. The fourth-order valence-electron chi connectivity index (χ4n) is 4.03. The van der Waals surface area contributed by atoms with Gasteiger partial charge < -0.3 is 21.3 Å². The van der Waals surface area contributed by atoms with Crippen molar-refractivity contribution in [2.45, 2.75) is 77.2 Å². The van der Waals surface area contributed by atoms with Crippen molar-refractivity contribution in [3.05, 3.63) is 65.5 Å². The summed E-state index contributed by atoms with van der Waals surface area (Å²) in [5, 5.41) is 13.4. The van der Waals surface area contributed by atoms with Gasteiger partial charge in [0.15, 0.2) is 0 Å². The molecule has 6 nitrogen and oxygen atoms in total. The molecule has 2 aromatic rings. The predicted molar refractivity (Wildman–Crippen MR) is 130 cm³/mol. The Morgan fingerprint density at radius 2 is 1.72 bits per heavy atom. The predicted octanol–water partition coefficient (Wildman–Crippen LogP) is 3.28. The van der Waals surface area contributed by atoms with E-state index in [1.54, 1.807) is 6.20 Å². The molecule has 1 aromatic heterocycles. The molecule has 1 fully saturated rings. The van der Waals surface area contributed by atoms with Gasteiger partial charge in [-0.15, -0.1) is 0 Å². The van der Waals surface area contributed by atoms with Crippen LogP contribution < -0.4 is 21.3 Å². The van der Waals surface area contributed by atoms with Crippen molar-refractivity contribution in [2.75, 3.05) is 13.1 Å². The molecule has 6 heteroatoms. The summed E-state index contributed by atoms with van der Waals surface area (Å²) in [4.78, 5) is 16.6. The lowest BCUT2D eigenvalue weighted by atomic mass is 9.95. The summed E-state index contributed by atoms with van der Waals surface area (Å²) in [5.41, 5.74) is 3.30. The normalized spacial score (nSPS) is 15.4. The van der Waals surface area contributed by atoms with Crippen molar-refractivity contribution in [3.8, 4) is 0 Å². The number of nitrogens with zero attached hydrogens (tertiary/aromatic N) is 1. The molecule has 1 aliphatic rings. The topological polar surface area (TPSA) is 78.1 Å². The van der Waals surface area contributed by atoms with Gasteiger partial charge in [-0.2, -0.15) is 0 Å². The maximum absolute atomic E-state index is 12.3. The number of hydrogen-bond donors (Lipinski definition) is 4. The summed E-state index contributed by atoms with van der Waals surface area (Å²) in [6, 6.07) is 14.7. The maximum Gasteiger partial charge on any atom is 0.237 e. The Bertz CT molecular complexity index is 775. The fourth-order valence-corrected chi connectivity index (χ4v) is 4.03. The van der Waals surface area contributed by atoms with Gasteiger partial charge in [0.25, 0.3) is 0 Å². The Kier molecular flexibility index (Phi) is 10.7. The molecule has 3 rings (SSSR count).